The summed E-state index contributed by atoms with van der Waals surface area (Å²) in [5, 5.41) is 3.59. The van der Waals surface area contributed by atoms with Crippen LogP contribution in [0.25, 0.3) is 0 Å². The van der Waals surface area contributed by atoms with E-state index in [4.69, 9.17) is 27.9 Å². The first-order valence-electron chi connectivity index (χ1n) is 9.69. The average molecular weight is 493 g/mol. The summed E-state index contributed by atoms with van der Waals surface area (Å²) in [7, 11) is -2.45. The van der Waals surface area contributed by atoms with Gasteiger partial charge in [0, 0.05) is 28.7 Å². The van der Waals surface area contributed by atoms with E-state index in [1.165, 1.54) is 24.3 Å². The molecule has 0 unspecified atom stereocenters. The van der Waals surface area contributed by atoms with Crippen molar-refractivity contribution in [3.8, 4) is 5.75 Å². The molecule has 0 atom stereocenters. The largest absolute Gasteiger partial charge is 0.496 e. The van der Waals surface area contributed by atoms with Gasteiger partial charge < -0.3 is 10.1 Å². The second kappa shape index (κ2) is 10.8. The maximum absolute atomic E-state index is 13.3. The fraction of sp³-hybridized carbons (Fsp3) is 0.174. The molecule has 0 aliphatic heterocycles. The van der Waals surface area contributed by atoms with Crippen LogP contribution in [-0.2, 0) is 27.9 Å². The summed E-state index contributed by atoms with van der Waals surface area (Å²) < 4.78 is 33.0. The molecule has 0 saturated carbocycles. The van der Waals surface area contributed by atoms with Gasteiger partial charge in [-0.3, -0.25) is 4.79 Å². The van der Waals surface area contributed by atoms with Crippen LogP contribution < -0.4 is 10.1 Å². The highest BCUT2D eigenvalue weighted by atomic mass is 35.5. The summed E-state index contributed by atoms with van der Waals surface area (Å²) in [5.74, 6) is 0.176. The van der Waals surface area contributed by atoms with Crippen molar-refractivity contribution in [3.05, 3.63) is 94.0 Å². The molecule has 3 rings (SSSR count). The molecule has 1 N–H and O–H groups in total. The molecule has 9 heteroatoms. The van der Waals surface area contributed by atoms with Gasteiger partial charge in [0.25, 0.3) is 0 Å². The van der Waals surface area contributed by atoms with Gasteiger partial charge in [-0.2, -0.15) is 4.31 Å². The predicted molar refractivity (Wildman–Crippen MR) is 125 cm³/mol. The minimum absolute atomic E-state index is 0.0338. The molecule has 0 aromatic heterocycles. The maximum atomic E-state index is 13.3. The van der Waals surface area contributed by atoms with Crippen LogP contribution in [0.15, 0.2) is 77.7 Å². The molecule has 1 amide bonds. The Hall–Kier alpha value is -2.58. The lowest BCUT2D eigenvalue weighted by molar-refractivity contribution is -0.121. The van der Waals surface area contributed by atoms with E-state index in [1.54, 1.807) is 37.4 Å². The Kier molecular flexibility index (Phi) is 8.15. The van der Waals surface area contributed by atoms with Crippen LogP contribution in [0, 0.1) is 0 Å². The first kappa shape index (κ1) is 24.1. The molecular formula is C23H22Cl2N2O4S. The number of hydrogen-bond acceptors (Lipinski definition) is 4. The number of carbonyl (C=O) groups excluding carboxylic acids is 1. The van der Waals surface area contributed by atoms with Gasteiger partial charge in [0.2, 0.25) is 15.9 Å². The zero-order chi connectivity index (χ0) is 23.1. The van der Waals surface area contributed by atoms with E-state index in [1.807, 2.05) is 18.2 Å². The minimum Gasteiger partial charge on any atom is -0.496 e. The molecule has 32 heavy (non-hydrogen) atoms. The Morgan fingerprint density at radius 1 is 0.938 bits per heavy atom. The van der Waals surface area contributed by atoms with Crippen molar-refractivity contribution in [2.24, 2.45) is 0 Å². The van der Waals surface area contributed by atoms with Crippen LogP contribution in [0.4, 0.5) is 0 Å². The second-order valence-electron chi connectivity index (χ2n) is 6.91. The molecule has 3 aromatic rings. The smallest absolute Gasteiger partial charge is 0.243 e. The highest BCUT2D eigenvalue weighted by Crippen LogP contribution is 2.23. The van der Waals surface area contributed by atoms with Crippen molar-refractivity contribution >= 4 is 39.1 Å². The van der Waals surface area contributed by atoms with E-state index in [0.29, 0.717) is 21.4 Å². The number of para-hydroxylation sites is 1. The number of halogens is 2. The molecule has 3 aromatic carbocycles. The fourth-order valence-electron chi connectivity index (χ4n) is 3.06. The lowest BCUT2D eigenvalue weighted by atomic mass is 10.2. The third kappa shape index (κ3) is 6.01. The Morgan fingerprint density at radius 2 is 1.56 bits per heavy atom. The van der Waals surface area contributed by atoms with Crippen molar-refractivity contribution in [1.29, 1.82) is 0 Å². The number of sulfonamides is 1. The van der Waals surface area contributed by atoms with Gasteiger partial charge >= 0.3 is 0 Å². The van der Waals surface area contributed by atoms with Gasteiger partial charge in [0.05, 0.1) is 18.6 Å². The number of rotatable bonds is 9. The van der Waals surface area contributed by atoms with Crippen LogP contribution in [0.1, 0.15) is 11.1 Å². The summed E-state index contributed by atoms with van der Waals surface area (Å²) >= 11 is 12.1. The summed E-state index contributed by atoms with van der Waals surface area (Å²) in [6.07, 6.45) is 0. The molecule has 0 aliphatic carbocycles. The van der Waals surface area contributed by atoms with Crippen molar-refractivity contribution in [2.75, 3.05) is 13.7 Å². The lowest BCUT2D eigenvalue weighted by Crippen LogP contribution is -2.40. The van der Waals surface area contributed by atoms with Crippen LogP contribution in [0.3, 0.4) is 0 Å². The van der Waals surface area contributed by atoms with Gasteiger partial charge in [-0.1, -0.05) is 59.6 Å². The Bertz CT molecular complexity index is 1180. The van der Waals surface area contributed by atoms with Gasteiger partial charge in [-0.05, 0) is 42.0 Å². The maximum Gasteiger partial charge on any atom is 0.243 e. The molecular weight excluding hydrogens is 471 g/mol. The Labute approximate surface area is 197 Å². The standard InChI is InChI=1S/C23H22Cl2N2O4S/c1-31-22-9-5-3-6-17(22)14-26-23(28)16-27(15-18-7-2-4-8-21(18)25)32(29,30)20-12-10-19(24)11-13-20/h2-13H,14-16H2,1H3,(H,26,28). The highest BCUT2D eigenvalue weighted by Gasteiger charge is 2.27. The Balaban J connectivity index is 1.82. The summed E-state index contributed by atoms with van der Waals surface area (Å²) in [5.41, 5.74) is 1.37. The fourth-order valence-corrected chi connectivity index (χ4v) is 4.75. The van der Waals surface area contributed by atoms with Gasteiger partial charge in [0.15, 0.2) is 0 Å². The zero-order valence-corrected chi connectivity index (χ0v) is 19.6. The number of methoxy groups -OCH3 is 1. The van der Waals surface area contributed by atoms with Gasteiger partial charge in [0.1, 0.15) is 5.75 Å². The Morgan fingerprint density at radius 3 is 2.22 bits per heavy atom. The first-order valence-corrected chi connectivity index (χ1v) is 11.9. The normalized spacial score (nSPS) is 11.4. The number of benzene rings is 3. The molecule has 0 heterocycles. The topological polar surface area (TPSA) is 75.7 Å². The van der Waals surface area contributed by atoms with Crippen LogP contribution in [0.2, 0.25) is 10.0 Å². The van der Waals surface area contributed by atoms with Crippen molar-refractivity contribution in [3.63, 3.8) is 0 Å². The van der Waals surface area contributed by atoms with E-state index in [-0.39, 0.29) is 24.5 Å². The molecule has 0 bridgehead atoms. The number of carbonyl (C=O) groups is 1. The van der Waals surface area contributed by atoms with Gasteiger partial charge in [-0.15, -0.1) is 0 Å². The highest BCUT2D eigenvalue weighted by molar-refractivity contribution is 7.89. The average Bonchev–Trinajstić information content (AvgIpc) is 2.79. The lowest BCUT2D eigenvalue weighted by Gasteiger charge is -2.22. The molecule has 0 fully saturated rings. The summed E-state index contributed by atoms with van der Waals surface area (Å²) in [4.78, 5) is 12.8. The predicted octanol–water partition coefficient (Wildman–Crippen LogP) is 4.51. The minimum atomic E-state index is -3.99. The van der Waals surface area contributed by atoms with E-state index in [2.05, 4.69) is 5.32 Å². The van der Waals surface area contributed by atoms with Crippen molar-refractivity contribution in [1.82, 2.24) is 9.62 Å². The van der Waals surface area contributed by atoms with E-state index >= 15 is 0 Å². The first-order chi connectivity index (χ1) is 15.3. The van der Waals surface area contributed by atoms with Crippen LogP contribution in [-0.4, -0.2) is 32.3 Å². The van der Waals surface area contributed by atoms with E-state index in [9.17, 15) is 13.2 Å². The number of amides is 1. The van der Waals surface area contributed by atoms with Crippen molar-refractivity contribution < 1.29 is 17.9 Å². The number of nitrogens with zero attached hydrogens (tertiary/aromatic N) is 1. The van der Waals surface area contributed by atoms with Gasteiger partial charge in [-0.25, -0.2) is 8.42 Å². The summed E-state index contributed by atoms with van der Waals surface area (Å²) in [6, 6.07) is 20.0. The monoisotopic (exact) mass is 492 g/mol. The third-order valence-corrected chi connectivity index (χ3v) is 7.17. The molecule has 0 spiro atoms. The van der Waals surface area contributed by atoms with Crippen LogP contribution >= 0.6 is 23.2 Å². The number of ether oxygens (including phenoxy) is 1. The quantitative estimate of drug-likeness (QED) is 0.476. The SMILES string of the molecule is COc1ccccc1CNC(=O)CN(Cc1ccccc1Cl)S(=O)(=O)c1ccc(Cl)cc1. The number of nitrogens with one attached hydrogen (secondary N) is 1. The summed E-state index contributed by atoms with van der Waals surface area (Å²) in [6.45, 7) is -0.248. The third-order valence-electron chi connectivity index (χ3n) is 4.74. The second-order valence-corrected chi connectivity index (χ2v) is 9.69. The number of hydrogen-bond donors (Lipinski definition) is 1. The molecule has 0 aliphatic rings. The van der Waals surface area contributed by atoms with Crippen LogP contribution in [0.5, 0.6) is 5.75 Å². The molecule has 168 valence electrons. The van der Waals surface area contributed by atoms with E-state index in [0.717, 1.165) is 9.87 Å². The van der Waals surface area contributed by atoms with E-state index < -0.39 is 15.9 Å². The molecule has 0 radical (unpaired) electrons. The van der Waals surface area contributed by atoms with Crippen molar-refractivity contribution in [2.45, 2.75) is 18.0 Å². The zero-order valence-electron chi connectivity index (χ0n) is 17.3. The molecule has 0 saturated heterocycles. The molecule has 6 nitrogen and oxygen atoms in total.